The zero-order valence-electron chi connectivity index (χ0n) is 14.5. The van der Waals surface area contributed by atoms with Crippen LogP contribution in [0.15, 0.2) is 30.3 Å². The summed E-state index contributed by atoms with van der Waals surface area (Å²) in [7, 11) is 0. The van der Waals surface area contributed by atoms with E-state index in [1.165, 1.54) is 5.56 Å². The Labute approximate surface area is 143 Å². The largest absolute Gasteiger partial charge is 0.340 e. The van der Waals surface area contributed by atoms with Crippen molar-refractivity contribution in [2.24, 2.45) is 5.92 Å². The molecule has 126 valence electrons. The van der Waals surface area contributed by atoms with Crippen molar-refractivity contribution in [2.45, 2.75) is 33.6 Å². The molecule has 1 saturated heterocycles. The van der Waals surface area contributed by atoms with Crippen LogP contribution in [0.25, 0.3) is 0 Å². The quantitative estimate of drug-likeness (QED) is 0.941. The van der Waals surface area contributed by atoms with E-state index < -0.39 is 0 Å². The summed E-state index contributed by atoms with van der Waals surface area (Å²) in [6.45, 7) is 7.56. The first-order valence-corrected chi connectivity index (χ1v) is 8.46. The maximum atomic E-state index is 12.6. The fourth-order valence-electron chi connectivity index (χ4n) is 3.10. The van der Waals surface area contributed by atoms with Gasteiger partial charge in [-0.1, -0.05) is 17.7 Å². The second kappa shape index (κ2) is 6.99. The molecule has 1 aliphatic rings. The second-order valence-corrected chi connectivity index (χ2v) is 6.59. The molecule has 0 bridgehead atoms. The van der Waals surface area contributed by atoms with E-state index in [4.69, 9.17) is 0 Å². The molecule has 3 rings (SSSR count). The van der Waals surface area contributed by atoms with Crippen molar-refractivity contribution in [2.75, 3.05) is 23.3 Å². The van der Waals surface area contributed by atoms with Crippen LogP contribution in [-0.2, 0) is 4.79 Å². The molecule has 1 aromatic heterocycles. The number of benzene rings is 1. The number of hydrogen-bond donors (Lipinski definition) is 1. The van der Waals surface area contributed by atoms with Gasteiger partial charge in [-0.15, -0.1) is 0 Å². The third-order valence-electron chi connectivity index (χ3n) is 4.36. The van der Waals surface area contributed by atoms with E-state index in [1.807, 2.05) is 51.1 Å². The van der Waals surface area contributed by atoms with Crippen LogP contribution in [0.1, 0.15) is 29.8 Å². The highest BCUT2D eigenvalue weighted by Crippen LogP contribution is 2.22. The highest BCUT2D eigenvalue weighted by molar-refractivity contribution is 5.93. The van der Waals surface area contributed by atoms with Crippen molar-refractivity contribution >= 4 is 17.5 Å². The number of piperidine rings is 1. The highest BCUT2D eigenvalue weighted by atomic mass is 16.1. The minimum atomic E-state index is -0.0375. The molecular weight excluding hydrogens is 300 g/mol. The Balaban J connectivity index is 1.68. The maximum Gasteiger partial charge on any atom is 0.229 e. The Morgan fingerprint density at radius 2 is 1.79 bits per heavy atom. The van der Waals surface area contributed by atoms with Gasteiger partial charge in [-0.3, -0.25) is 4.79 Å². The predicted molar refractivity (Wildman–Crippen MR) is 96.3 cm³/mol. The van der Waals surface area contributed by atoms with Crippen LogP contribution in [0.5, 0.6) is 0 Å². The van der Waals surface area contributed by atoms with Gasteiger partial charge in [0.25, 0.3) is 0 Å². The second-order valence-electron chi connectivity index (χ2n) is 6.59. The molecule has 5 nitrogen and oxygen atoms in total. The Bertz CT molecular complexity index is 706. The van der Waals surface area contributed by atoms with Crippen molar-refractivity contribution in [3.8, 4) is 0 Å². The molecule has 0 radical (unpaired) electrons. The number of carbonyl (C=O) groups is 1. The number of amides is 1. The van der Waals surface area contributed by atoms with E-state index in [0.717, 1.165) is 42.4 Å². The van der Waals surface area contributed by atoms with E-state index in [-0.39, 0.29) is 11.8 Å². The fraction of sp³-hybridized carbons (Fsp3) is 0.421. The lowest BCUT2D eigenvalue weighted by molar-refractivity contribution is -0.120. The number of hydrogen-bond acceptors (Lipinski definition) is 4. The normalized spacial score (nSPS) is 17.6. The first-order valence-electron chi connectivity index (χ1n) is 8.46. The van der Waals surface area contributed by atoms with Crippen LogP contribution in [-0.4, -0.2) is 29.0 Å². The number of rotatable bonds is 3. The van der Waals surface area contributed by atoms with E-state index >= 15 is 0 Å². The van der Waals surface area contributed by atoms with E-state index in [0.29, 0.717) is 6.54 Å². The molecule has 24 heavy (non-hydrogen) atoms. The maximum absolute atomic E-state index is 12.6. The van der Waals surface area contributed by atoms with Crippen molar-refractivity contribution in [1.29, 1.82) is 0 Å². The molecular formula is C19H24N4O. The monoisotopic (exact) mass is 324 g/mol. The average molecular weight is 324 g/mol. The van der Waals surface area contributed by atoms with Gasteiger partial charge in [0.1, 0.15) is 0 Å². The predicted octanol–water partition coefficient (Wildman–Crippen LogP) is 3.26. The molecule has 0 aliphatic carbocycles. The number of aryl methyl sites for hydroxylation is 3. The van der Waals surface area contributed by atoms with Crippen LogP contribution in [0.2, 0.25) is 0 Å². The summed E-state index contributed by atoms with van der Waals surface area (Å²) in [6.07, 6.45) is 1.88. The molecule has 1 unspecified atom stereocenters. The van der Waals surface area contributed by atoms with Crippen molar-refractivity contribution in [3.63, 3.8) is 0 Å². The molecule has 1 amide bonds. The minimum absolute atomic E-state index is 0.0375. The van der Waals surface area contributed by atoms with Gasteiger partial charge in [0.2, 0.25) is 11.9 Å². The van der Waals surface area contributed by atoms with Gasteiger partial charge in [0, 0.05) is 30.2 Å². The van der Waals surface area contributed by atoms with Crippen LogP contribution < -0.4 is 10.2 Å². The lowest BCUT2D eigenvalue weighted by Gasteiger charge is -2.32. The fourth-order valence-corrected chi connectivity index (χ4v) is 3.10. The van der Waals surface area contributed by atoms with Gasteiger partial charge in [0.05, 0.1) is 5.92 Å². The number of aromatic nitrogens is 2. The Hall–Kier alpha value is -2.43. The summed E-state index contributed by atoms with van der Waals surface area (Å²) in [5.41, 5.74) is 3.96. The minimum Gasteiger partial charge on any atom is -0.340 e. The van der Waals surface area contributed by atoms with Crippen LogP contribution in [0.4, 0.5) is 11.6 Å². The summed E-state index contributed by atoms with van der Waals surface area (Å²) in [4.78, 5) is 23.8. The number of nitrogens with one attached hydrogen (secondary N) is 1. The molecule has 1 atom stereocenters. The molecule has 0 saturated carbocycles. The number of carbonyl (C=O) groups excluding carboxylic acids is 1. The molecule has 1 fully saturated rings. The van der Waals surface area contributed by atoms with Gasteiger partial charge in [0.15, 0.2) is 0 Å². The lowest BCUT2D eigenvalue weighted by Crippen LogP contribution is -2.41. The van der Waals surface area contributed by atoms with Crippen molar-refractivity contribution in [1.82, 2.24) is 9.97 Å². The van der Waals surface area contributed by atoms with Gasteiger partial charge >= 0.3 is 0 Å². The molecule has 1 aromatic carbocycles. The summed E-state index contributed by atoms with van der Waals surface area (Å²) in [5.74, 6) is 0.776. The zero-order chi connectivity index (χ0) is 17.1. The topological polar surface area (TPSA) is 58.1 Å². The summed E-state index contributed by atoms with van der Waals surface area (Å²) in [6, 6.07) is 9.87. The first-order chi connectivity index (χ1) is 11.5. The van der Waals surface area contributed by atoms with Gasteiger partial charge in [-0.05, 0) is 51.8 Å². The molecule has 2 aromatic rings. The third kappa shape index (κ3) is 3.91. The Kier molecular flexibility index (Phi) is 4.79. The molecule has 2 heterocycles. The lowest BCUT2D eigenvalue weighted by atomic mass is 9.97. The van der Waals surface area contributed by atoms with Gasteiger partial charge in [-0.25, -0.2) is 9.97 Å². The SMILES string of the molecule is Cc1ccc(NC(=O)C2CCCN(c3nc(C)cc(C)n3)C2)cc1. The van der Waals surface area contributed by atoms with E-state index in [9.17, 15) is 4.79 Å². The molecule has 0 spiro atoms. The summed E-state index contributed by atoms with van der Waals surface area (Å²) >= 11 is 0. The van der Waals surface area contributed by atoms with Crippen molar-refractivity contribution in [3.05, 3.63) is 47.3 Å². The third-order valence-corrected chi connectivity index (χ3v) is 4.36. The number of anilines is 2. The zero-order valence-corrected chi connectivity index (χ0v) is 14.5. The summed E-state index contributed by atoms with van der Waals surface area (Å²) < 4.78 is 0. The highest BCUT2D eigenvalue weighted by Gasteiger charge is 2.27. The van der Waals surface area contributed by atoms with E-state index in [1.54, 1.807) is 0 Å². The standard InChI is InChI=1S/C19H24N4O/c1-13-6-8-17(9-7-13)22-18(24)16-5-4-10-23(12-16)19-20-14(2)11-15(3)21-19/h6-9,11,16H,4-5,10,12H2,1-3H3,(H,22,24). The first kappa shape index (κ1) is 16.4. The smallest absolute Gasteiger partial charge is 0.229 e. The van der Waals surface area contributed by atoms with Crippen molar-refractivity contribution < 1.29 is 4.79 Å². The van der Waals surface area contributed by atoms with Crippen LogP contribution in [0, 0.1) is 26.7 Å². The number of nitrogens with zero attached hydrogens (tertiary/aromatic N) is 3. The van der Waals surface area contributed by atoms with Crippen LogP contribution >= 0.6 is 0 Å². The van der Waals surface area contributed by atoms with Gasteiger partial charge in [-0.2, -0.15) is 0 Å². The molecule has 1 aliphatic heterocycles. The summed E-state index contributed by atoms with van der Waals surface area (Å²) in [5, 5.41) is 3.03. The Morgan fingerprint density at radius 3 is 2.46 bits per heavy atom. The Morgan fingerprint density at radius 1 is 1.12 bits per heavy atom. The molecule has 1 N–H and O–H groups in total. The van der Waals surface area contributed by atoms with Gasteiger partial charge < -0.3 is 10.2 Å². The molecule has 5 heteroatoms. The van der Waals surface area contributed by atoms with Crippen LogP contribution in [0.3, 0.4) is 0 Å². The van der Waals surface area contributed by atoms with E-state index in [2.05, 4.69) is 20.2 Å². The average Bonchev–Trinajstić information content (AvgIpc) is 2.56.